The Morgan fingerprint density at radius 2 is 1.76 bits per heavy atom. The van der Waals surface area contributed by atoms with Gasteiger partial charge in [0.05, 0.1) is 0 Å². The first-order valence-electron chi connectivity index (χ1n) is 4.85. The van der Waals surface area contributed by atoms with E-state index in [1.165, 1.54) is 0 Å². The molecule has 0 amide bonds. The minimum atomic E-state index is -1.53. The van der Waals surface area contributed by atoms with Crippen LogP contribution in [0.4, 0.5) is 17.6 Å². The molecule has 1 rings (SSSR count). The van der Waals surface area contributed by atoms with Crippen molar-refractivity contribution in [3.63, 3.8) is 0 Å². The Morgan fingerprint density at radius 3 is 2.29 bits per heavy atom. The molecule has 0 spiro atoms. The van der Waals surface area contributed by atoms with Gasteiger partial charge in [-0.2, -0.15) is 8.78 Å². The topological polar surface area (TPSA) is 21.3 Å². The van der Waals surface area contributed by atoms with E-state index in [1.807, 2.05) is 0 Å². The van der Waals surface area contributed by atoms with Crippen molar-refractivity contribution in [3.05, 3.63) is 42.0 Å². The average molecular weight is 249 g/mol. The number of hydrogen-bond donors (Lipinski definition) is 1. The molecular formula is C11H11F4NO. The van der Waals surface area contributed by atoms with Gasteiger partial charge in [-0.3, -0.25) is 0 Å². The molecule has 0 aliphatic carbocycles. The Hall–Kier alpha value is -1.56. The van der Waals surface area contributed by atoms with Crippen LogP contribution in [-0.4, -0.2) is 19.7 Å². The molecule has 0 saturated heterocycles. The zero-order valence-corrected chi connectivity index (χ0v) is 8.90. The molecule has 0 radical (unpaired) electrons. The van der Waals surface area contributed by atoms with Crippen molar-refractivity contribution in [3.8, 4) is 5.75 Å². The fraction of sp³-hybridized carbons (Fsp3) is 0.273. The molecule has 0 aliphatic heterocycles. The molecule has 94 valence electrons. The fourth-order valence-electron chi connectivity index (χ4n) is 1.11. The van der Waals surface area contributed by atoms with Crippen LogP contribution in [0.1, 0.15) is 0 Å². The van der Waals surface area contributed by atoms with E-state index in [-0.39, 0.29) is 19.2 Å². The van der Waals surface area contributed by atoms with Crippen LogP contribution in [-0.2, 0) is 0 Å². The average Bonchev–Trinajstić information content (AvgIpc) is 2.30. The Kier molecular flexibility index (Phi) is 4.96. The Labute approximate surface area is 95.9 Å². The normalized spacial score (nSPS) is 10.4. The van der Waals surface area contributed by atoms with E-state index in [9.17, 15) is 17.6 Å². The largest absolute Gasteiger partial charge is 0.486 e. The highest BCUT2D eigenvalue weighted by Gasteiger charge is 2.20. The summed E-state index contributed by atoms with van der Waals surface area (Å²) in [4.78, 5) is 0. The van der Waals surface area contributed by atoms with E-state index < -0.39 is 29.0 Å². The summed E-state index contributed by atoms with van der Waals surface area (Å²) in [5.41, 5.74) is 0. The molecule has 0 aliphatic rings. The van der Waals surface area contributed by atoms with Crippen molar-refractivity contribution in [2.75, 3.05) is 19.7 Å². The monoisotopic (exact) mass is 249 g/mol. The molecule has 17 heavy (non-hydrogen) atoms. The molecule has 0 aromatic heterocycles. The van der Waals surface area contributed by atoms with Crippen LogP contribution in [0.3, 0.4) is 0 Å². The van der Waals surface area contributed by atoms with E-state index >= 15 is 0 Å². The van der Waals surface area contributed by atoms with E-state index in [4.69, 9.17) is 0 Å². The van der Waals surface area contributed by atoms with E-state index in [2.05, 4.69) is 16.6 Å². The third-order valence-electron chi connectivity index (χ3n) is 1.89. The molecule has 1 N–H and O–H groups in total. The van der Waals surface area contributed by atoms with Crippen LogP contribution < -0.4 is 10.1 Å². The maximum Gasteiger partial charge on any atom is 0.203 e. The van der Waals surface area contributed by atoms with Gasteiger partial charge in [-0.1, -0.05) is 6.08 Å². The van der Waals surface area contributed by atoms with Crippen LogP contribution >= 0.6 is 0 Å². The molecule has 0 atom stereocenters. The summed E-state index contributed by atoms with van der Waals surface area (Å²) in [6.07, 6.45) is 1.59. The maximum absolute atomic E-state index is 13.1. The first-order valence-corrected chi connectivity index (χ1v) is 4.85. The maximum atomic E-state index is 13.1. The third kappa shape index (κ3) is 3.45. The lowest BCUT2D eigenvalue weighted by atomic mass is 10.3. The Morgan fingerprint density at radius 1 is 1.18 bits per heavy atom. The van der Waals surface area contributed by atoms with Crippen LogP contribution in [0.5, 0.6) is 5.75 Å². The number of hydrogen-bond acceptors (Lipinski definition) is 2. The molecular weight excluding hydrogens is 238 g/mol. The Balaban J connectivity index is 2.67. The van der Waals surface area contributed by atoms with Gasteiger partial charge in [-0.05, 0) is 0 Å². The smallest absolute Gasteiger partial charge is 0.203 e. The van der Waals surface area contributed by atoms with Crippen LogP contribution in [0.25, 0.3) is 0 Å². The van der Waals surface area contributed by atoms with Crippen LogP contribution in [0, 0.1) is 23.3 Å². The molecule has 1 aromatic carbocycles. The second kappa shape index (κ2) is 6.24. The van der Waals surface area contributed by atoms with Gasteiger partial charge < -0.3 is 10.1 Å². The second-order valence-corrected chi connectivity index (χ2v) is 3.14. The predicted octanol–water partition coefficient (Wildman–Crippen LogP) is 2.40. The number of ether oxygens (including phenoxy) is 1. The Bertz CT molecular complexity index is 383. The zero-order chi connectivity index (χ0) is 12.8. The highest BCUT2D eigenvalue weighted by molar-refractivity contribution is 5.28. The van der Waals surface area contributed by atoms with Crippen molar-refractivity contribution in [1.29, 1.82) is 0 Å². The van der Waals surface area contributed by atoms with Gasteiger partial charge in [0.2, 0.25) is 11.6 Å². The first kappa shape index (κ1) is 13.5. The summed E-state index contributed by atoms with van der Waals surface area (Å²) >= 11 is 0. The number of halogens is 4. The SMILES string of the molecule is C=CCNCCOc1c(F)c(F)cc(F)c1F. The van der Waals surface area contributed by atoms with Crippen LogP contribution in [0.15, 0.2) is 18.7 Å². The van der Waals surface area contributed by atoms with Crippen molar-refractivity contribution < 1.29 is 22.3 Å². The van der Waals surface area contributed by atoms with Gasteiger partial charge in [0.15, 0.2) is 17.4 Å². The number of nitrogens with one attached hydrogen (secondary N) is 1. The molecule has 2 nitrogen and oxygen atoms in total. The predicted molar refractivity (Wildman–Crippen MR) is 54.8 cm³/mol. The number of benzene rings is 1. The zero-order valence-electron chi connectivity index (χ0n) is 8.90. The number of rotatable bonds is 6. The lowest BCUT2D eigenvalue weighted by Gasteiger charge is -2.09. The molecule has 0 saturated carbocycles. The summed E-state index contributed by atoms with van der Waals surface area (Å²) < 4.78 is 56.3. The highest BCUT2D eigenvalue weighted by Crippen LogP contribution is 2.26. The van der Waals surface area contributed by atoms with Gasteiger partial charge in [0.25, 0.3) is 0 Å². The summed E-state index contributed by atoms with van der Waals surface area (Å²) in [5, 5.41) is 2.80. The minimum Gasteiger partial charge on any atom is -0.486 e. The highest BCUT2D eigenvalue weighted by atomic mass is 19.2. The third-order valence-corrected chi connectivity index (χ3v) is 1.89. The lowest BCUT2D eigenvalue weighted by Crippen LogP contribution is -2.21. The first-order chi connectivity index (χ1) is 8.07. The summed E-state index contributed by atoms with van der Waals surface area (Å²) in [6.45, 7) is 4.08. The van der Waals surface area contributed by atoms with Crippen molar-refractivity contribution in [2.24, 2.45) is 0 Å². The van der Waals surface area contributed by atoms with Crippen molar-refractivity contribution in [1.82, 2.24) is 5.32 Å². The van der Waals surface area contributed by atoms with Crippen molar-refractivity contribution in [2.45, 2.75) is 0 Å². The second-order valence-electron chi connectivity index (χ2n) is 3.14. The van der Waals surface area contributed by atoms with Gasteiger partial charge >= 0.3 is 0 Å². The molecule has 6 heteroatoms. The lowest BCUT2D eigenvalue weighted by molar-refractivity contribution is 0.272. The molecule has 0 bridgehead atoms. The minimum absolute atomic E-state index is 0.120. The van der Waals surface area contributed by atoms with Crippen molar-refractivity contribution >= 4 is 0 Å². The molecule has 0 unspecified atom stereocenters. The molecule has 0 fully saturated rings. The van der Waals surface area contributed by atoms with E-state index in [0.29, 0.717) is 6.54 Å². The quantitative estimate of drug-likeness (QED) is 0.362. The van der Waals surface area contributed by atoms with E-state index in [1.54, 1.807) is 6.08 Å². The standard InChI is InChI=1S/C11H11F4NO/c1-2-3-16-4-5-17-11-9(14)7(12)6-8(13)10(11)15/h2,6,16H,1,3-5H2. The van der Waals surface area contributed by atoms with Crippen LogP contribution in [0.2, 0.25) is 0 Å². The summed E-state index contributed by atoms with van der Waals surface area (Å²) in [7, 11) is 0. The molecule has 1 aromatic rings. The van der Waals surface area contributed by atoms with Gasteiger partial charge in [0, 0.05) is 19.2 Å². The van der Waals surface area contributed by atoms with Gasteiger partial charge in [-0.25, -0.2) is 8.78 Å². The summed E-state index contributed by atoms with van der Waals surface area (Å²) in [6, 6.07) is 0.132. The fourth-order valence-corrected chi connectivity index (χ4v) is 1.11. The van der Waals surface area contributed by atoms with Gasteiger partial charge in [-0.15, -0.1) is 6.58 Å². The summed E-state index contributed by atoms with van der Waals surface area (Å²) in [5.74, 6) is -7.08. The van der Waals surface area contributed by atoms with E-state index in [0.717, 1.165) is 0 Å². The van der Waals surface area contributed by atoms with Gasteiger partial charge in [0.1, 0.15) is 6.61 Å². The molecule has 0 heterocycles.